The first-order chi connectivity index (χ1) is 20.3. The van der Waals surface area contributed by atoms with E-state index in [4.69, 9.17) is 5.73 Å². The average Bonchev–Trinajstić information content (AvgIpc) is 3.29. The second-order valence-electron chi connectivity index (χ2n) is 11.9. The molecule has 4 aromatic rings. The van der Waals surface area contributed by atoms with Crippen LogP contribution >= 0.6 is 0 Å². The van der Waals surface area contributed by atoms with E-state index >= 15 is 4.39 Å². The zero-order valence-electron chi connectivity index (χ0n) is 24.2. The zero-order chi connectivity index (χ0) is 31.0. The fraction of sp³-hybridized carbons (Fsp3) is 0.303. The van der Waals surface area contributed by atoms with Gasteiger partial charge in [-0.05, 0) is 73.7 Å². The van der Waals surface area contributed by atoms with E-state index in [0.29, 0.717) is 44.5 Å². The van der Waals surface area contributed by atoms with E-state index in [9.17, 15) is 23.9 Å². The van der Waals surface area contributed by atoms with Gasteiger partial charge in [-0.15, -0.1) is 0 Å². The number of likely N-dealkylation sites (N-methyl/N-ethyl adjacent to an activating group) is 1. The Hall–Kier alpha value is -4.57. The Morgan fingerprint density at radius 2 is 1.84 bits per heavy atom. The number of aromatic amines is 1. The molecular formula is C33H32F2N4O4. The number of nitrogens with one attached hydrogen (secondary N) is 1. The third-order valence-electron chi connectivity index (χ3n) is 8.84. The van der Waals surface area contributed by atoms with E-state index < -0.39 is 47.1 Å². The average molecular weight is 587 g/mol. The Kier molecular flexibility index (Phi) is 6.65. The molecule has 43 heavy (non-hydrogen) atoms. The number of carbonyl (C=O) groups excluding carboxylic acids is 3. The predicted octanol–water partition coefficient (Wildman–Crippen LogP) is 4.91. The van der Waals surface area contributed by atoms with Crippen LogP contribution in [-0.2, 0) is 15.2 Å². The standard InChI is InChI=1S/C33H32F2N4O4/c1-16-18(7-6-10-25(16)39-15-26(40)38(4)30-20(32(39)42)8-5-9-22(30)34)27-23(35)14-21(31(36)41)29-28(27)19-12-11-17(33(2,3)43)13-24(19)37-29/h5-13,21,23,27,37,43H,14-15H2,1-4H3,(H2,36,41). The molecule has 0 radical (unpaired) electrons. The normalized spacial score (nSPS) is 20.7. The molecule has 0 spiro atoms. The van der Waals surface area contributed by atoms with Crippen LogP contribution < -0.4 is 15.5 Å². The van der Waals surface area contributed by atoms with Gasteiger partial charge in [-0.25, -0.2) is 8.78 Å². The fourth-order valence-electron chi connectivity index (χ4n) is 6.58. The minimum Gasteiger partial charge on any atom is -0.386 e. The molecule has 4 N–H and O–H groups in total. The van der Waals surface area contributed by atoms with Crippen molar-refractivity contribution in [2.75, 3.05) is 23.4 Å². The van der Waals surface area contributed by atoms with Crippen molar-refractivity contribution in [2.24, 2.45) is 5.73 Å². The number of hydrogen-bond donors (Lipinski definition) is 3. The molecule has 6 rings (SSSR count). The molecule has 0 bridgehead atoms. The number of halogens is 2. The van der Waals surface area contributed by atoms with Crippen molar-refractivity contribution in [3.8, 4) is 0 Å². The number of benzene rings is 3. The van der Waals surface area contributed by atoms with Crippen LogP contribution in [0.25, 0.3) is 10.9 Å². The molecule has 0 fully saturated rings. The minimum atomic E-state index is -1.49. The van der Waals surface area contributed by atoms with E-state index in [1.807, 2.05) is 0 Å². The number of carbonyl (C=O) groups is 3. The second kappa shape index (κ2) is 10.0. The van der Waals surface area contributed by atoms with Crippen LogP contribution in [-0.4, -0.2) is 47.6 Å². The van der Waals surface area contributed by atoms with Gasteiger partial charge >= 0.3 is 0 Å². The first-order valence-electron chi connectivity index (χ1n) is 14.1. The Bertz CT molecular complexity index is 1830. The maximum Gasteiger partial charge on any atom is 0.260 e. The molecule has 3 aromatic carbocycles. The van der Waals surface area contributed by atoms with Gasteiger partial charge < -0.3 is 20.7 Å². The number of aromatic nitrogens is 1. The van der Waals surface area contributed by atoms with E-state index in [1.54, 1.807) is 57.2 Å². The SMILES string of the molecule is Cc1c(C2c3c([nH]c4cc(C(C)(C)O)ccc34)C(C(N)=O)CC2F)cccc1N1CC(=O)N(C)c2c(F)cccc2C1=O. The minimum absolute atomic E-state index is 0.0463. The third kappa shape index (κ3) is 4.48. The van der Waals surface area contributed by atoms with Gasteiger partial charge in [0.25, 0.3) is 5.91 Å². The van der Waals surface area contributed by atoms with Crippen LogP contribution in [0.2, 0.25) is 0 Å². The van der Waals surface area contributed by atoms with E-state index in [0.717, 1.165) is 4.90 Å². The number of primary amides is 1. The van der Waals surface area contributed by atoms with Gasteiger partial charge in [0.2, 0.25) is 11.8 Å². The number of fused-ring (bicyclic) bond motifs is 4. The summed E-state index contributed by atoms with van der Waals surface area (Å²) in [4.78, 5) is 45.1. The van der Waals surface area contributed by atoms with E-state index in [1.165, 1.54) is 30.1 Å². The summed E-state index contributed by atoms with van der Waals surface area (Å²) in [5, 5.41) is 11.3. The van der Waals surface area contributed by atoms with Gasteiger partial charge in [0.1, 0.15) is 18.5 Å². The third-order valence-corrected chi connectivity index (χ3v) is 8.84. The summed E-state index contributed by atoms with van der Waals surface area (Å²) >= 11 is 0. The molecule has 222 valence electrons. The maximum absolute atomic E-state index is 16.3. The number of aliphatic hydroxyl groups is 1. The smallest absolute Gasteiger partial charge is 0.260 e. The zero-order valence-corrected chi connectivity index (χ0v) is 24.2. The highest BCUT2D eigenvalue weighted by Gasteiger charge is 2.42. The lowest BCUT2D eigenvalue weighted by Crippen LogP contribution is -2.38. The van der Waals surface area contributed by atoms with Crippen LogP contribution in [0.15, 0.2) is 54.6 Å². The summed E-state index contributed by atoms with van der Waals surface area (Å²) in [6.07, 6.45) is -1.63. The molecule has 1 aromatic heterocycles. The van der Waals surface area contributed by atoms with Crippen molar-refractivity contribution >= 4 is 40.0 Å². The van der Waals surface area contributed by atoms with Crippen LogP contribution in [0, 0.1) is 12.7 Å². The summed E-state index contributed by atoms with van der Waals surface area (Å²) in [5.74, 6) is -4.06. The number of hydrogen-bond acceptors (Lipinski definition) is 4. The lowest BCUT2D eigenvalue weighted by Gasteiger charge is -2.33. The number of alkyl halides is 1. The molecule has 2 aliphatic rings. The van der Waals surface area contributed by atoms with E-state index in [2.05, 4.69) is 4.98 Å². The summed E-state index contributed by atoms with van der Waals surface area (Å²) in [7, 11) is 1.43. The van der Waals surface area contributed by atoms with Gasteiger partial charge in [0.05, 0.1) is 22.8 Å². The molecular weight excluding hydrogens is 554 g/mol. The molecule has 3 amide bonds. The largest absolute Gasteiger partial charge is 0.386 e. The number of rotatable bonds is 4. The maximum atomic E-state index is 16.3. The molecule has 3 atom stereocenters. The first-order valence-corrected chi connectivity index (χ1v) is 14.1. The Balaban J connectivity index is 1.52. The number of nitrogens with two attached hydrogens (primary N) is 1. The van der Waals surface area contributed by atoms with Crippen LogP contribution in [0.1, 0.15) is 70.4 Å². The quantitative estimate of drug-likeness (QED) is 0.315. The summed E-state index contributed by atoms with van der Waals surface area (Å²) in [6.45, 7) is 4.76. The van der Waals surface area contributed by atoms with Crippen molar-refractivity contribution in [1.29, 1.82) is 0 Å². The van der Waals surface area contributed by atoms with Crippen LogP contribution in [0.5, 0.6) is 0 Å². The van der Waals surface area contributed by atoms with Crippen molar-refractivity contribution < 1.29 is 28.3 Å². The van der Waals surface area contributed by atoms with Crippen molar-refractivity contribution in [3.63, 3.8) is 0 Å². The molecule has 0 saturated heterocycles. The number of para-hydroxylation sites is 1. The summed E-state index contributed by atoms with van der Waals surface area (Å²) in [5.41, 5.74) is 8.52. The Labute approximate surface area is 247 Å². The Morgan fingerprint density at radius 3 is 2.53 bits per heavy atom. The van der Waals surface area contributed by atoms with Gasteiger partial charge in [-0.1, -0.05) is 30.3 Å². The topological polar surface area (TPSA) is 120 Å². The number of anilines is 2. The van der Waals surface area contributed by atoms with E-state index in [-0.39, 0.29) is 24.2 Å². The van der Waals surface area contributed by atoms with Crippen molar-refractivity contribution in [2.45, 2.75) is 50.8 Å². The van der Waals surface area contributed by atoms with Crippen molar-refractivity contribution in [3.05, 3.63) is 93.9 Å². The fourth-order valence-corrected chi connectivity index (χ4v) is 6.58. The molecule has 10 heteroatoms. The van der Waals surface area contributed by atoms with Gasteiger partial charge in [-0.3, -0.25) is 19.3 Å². The lowest BCUT2D eigenvalue weighted by molar-refractivity contribution is -0.120. The molecule has 1 aliphatic heterocycles. The molecule has 8 nitrogen and oxygen atoms in total. The molecule has 1 aliphatic carbocycles. The van der Waals surface area contributed by atoms with Crippen LogP contribution in [0.3, 0.4) is 0 Å². The predicted molar refractivity (Wildman–Crippen MR) is 160 cm³/mol. The van der Waals surface area contributed by atoms with Gasteiger partial charge in [0.15, 0.2) is 0 Å². The monoisotopic (exact) mass is 586 g/mol. The first kappa shape index (κ1) is 28.5. The summed E-state index contributed by atoms with van der Waals surface area (Å²) < 4.78 is 31.1. The lowest BCUT2D eigenvalue weighted by atomic mass is 9.73. The summed E-state index contributed by atoms with van der Waals surface area (Å²) in [6, 6.07) is 14.6. The van der Waals surface area contributed by atoms with Crippen molar-refractivity contribution in [1.82, 2.24) is 4.98 Å². The number of amides is 3. The molecule has 0 saturated carbocycles. The molecule has 3 unspecified atom stereocenters. The highest BCUT2D eigenvalue weighted by atomic mass is 19.1. The second-order valence-corrected chi connectivity index (χ2v) is 11.9. The Morgan fingerprint density at radius 1 is 1.12 bits per heavy atom. The van der Waals surface area contributed by atoms with Gasteiger partial charge in [0, 0.05) is 35.2 Å². The molecule has 2 heterocycles. The van der Waals surface area contributed by atoms with Crippen LogP contribution in [0.4, 0.5) is 20.2 Å². The van der Waals surface area contributed by atoms with Gasteiger partial charge in [-0.2, -0.15) is 0 Å². The number of nitrogens with zero attached hydrogens (tertiary/aromatic N) is 2. The highest BCUT2D eigenvalue weighted by Crippen LogP contribution is 2.49. The number of H-pyrrole nitrogens is 1. The highest BCUT2D eigenvalue weighted by molar-refractivity contribution is 6.17.